The molecular formula is C12H9N3O3. The predicted molar refractivity (Wildman–Crippen MR) is 66.0 cm³/mol. The van der Waals surface area contributed by atoms with Gasteiger partial charge in [0.1, 0.15) is 5.75 Å². The van der Waals surface area contributed by atoms with E-state index >= 15 is 0 Å². The van der Waals surface area contributed by atoms with Crippen LogP contribution in [0, 0.1) is 0 Å². The fourth-order valence-electron chi connectivity index (χ4n) is 1.32. The summed E-state index contributed by atoms with van der Waals surface area (Å²) in [7, 11) is 0. The number of carbonyl (C=O) groups is 2. The van der Waals surface area contributed by atoms with Crippen LogP contribution in [-0.2, 0) is 9.59 Å². The fourth-order valence-corrected chi connectivity index (χ4v) is 1.32. The molecule has 1 heterocycles. The second kappa shape index (κ2) is 5.05. The molecule has 0 radical (unpaired) electrons. The predicted octanol–water partition coefficient (Wildman–Crippen LogP) is 0.706. The maximum Gasteiger partial charge on any atom is 0.221 e. The number of benzene rings is 1. The summed E-state index contributed by atoms with van der Waals surface area (Å²) in [5.74, 6) is -0.0125. The van der Waals surface area contributed by atoms with Gasteiger partial charge in [-0.15, -0.1) is 0 Å². The van der Waals surface area contributed by atoms with Gasteiger partial charge in [0.25, 0.3) is 0 Å². The van der Waals surface area contributed by atoms with Crippen LogP contribution < -0.4 is 5.32 Å². The summed E-state index contributed by atoms with van der Waals surface area (Å²) in [5, 5.41) is 11.3. The molecule has 1 aliphatic rings. The standard InChI is InChI=1S/C12H9N3O3/c16-7-13-12-10(18)5-6-11(15-12)14-8-1-3-9(17)4-2-8/h1-7,17H,(H,13,14,15,16). The second-order valence-electron chi connectivity index (χ2n) is 3.41. The number of aliphatic imine (C=N–C) groups is 2. The Morgan fingerprint density at radius 3 is 2.61 bits per heavy atom. The first-order valence-electron chi connectivity index (χ1n) is 5.08. The Hall–Kier alpha value is -2.76. The van der Waals surface area contributed by atoms with Crippen molar-refractivity contribution in [2.24, 2.45) is 9.98 Å². The monoisotopic (exact) mass is 243 g/mol. The molecule has 0 bridgehead atoms. The molecule has 18 heavy (non-hydrogen) atoms. The van der Waals surface area contributed by atoms with Gasteiger partial charge in [-0.1, -0.05) is 0 Å². The molecule has 0 aromatic heterocycles. The minimum Gasteiger partial charge on any atom is -0.508 e. The Bertz CT molecular complexity index is 571. The van der Waals surface area contributed by atoms with E-state index in [0.717, 1.165) is 0 Å². The van der Waals surface area contributed by atoms with E-state index in [0.29, 0.717) is 17.9 Å². The van der Waals surface area contributed by atoms with Crippen LogP contribution in [-0.4, -0.2) is 29.0 Å². The lowest BCUT2D eigenvalue weighted by atomic mass is 10.2. The number of amides is 1. The lowest BCUT2D eigenvalue weighted by molar-refractivity contribution is -0.111. The lowest BCUT2D eigenvalue weighted by Crippen LogP contribution is -2.31. The highest BCUT2D eigenvalue weighted by Gasteiger charge is 2.13. The maximum atomic E-state index is 11.3. The molecule has 6 nitrogen and oxygen atoms in total. The number of aromatic hydroxyl groups is 1. The van der Waals surface area contributed by atoms with Gasteiger partial charge >= 0.3 is 0 Å². The lowest BCUT2D eigenvalue weighted by Gasteiger charge is -2.05. The Kier molecular flexibility index (Phi) is 3.29. The van der Waals surface area contributed by atoms with Crippen LogP contribution >= 0.6 is 0 Å². The first kappa shape index (κ1) is 11.7. The molecule has 2 rings (SSSR count). The molecule has 2 N–H and O–H groups in total. The number of amidine groups is 2. The average molecular weight is 243 g/mol. The van der Waals surface area contributed by atoms with E-state index in [1.54, 1.807) is 12.1 Å². The highest BCUT2D eigenvalue weighted by Crippen LogP contribution is 2.17. The molecule has 0 fully saturated rings. The number of hydrogen-bond acceptors (Lipinski definition) is 4. The normalized spacial score (nSPS) is 16.6. The molecule has 1 aromatic carbocycles. The van der Waals surface area contributed by atoms with E-state index in [-0.39, 0.29) is 17.4 Å². The molecule has 0 saturated heterocycles. The van der Waals surface area contributed by atoms with E-state index in [9.17, 15) is 9.59 Å². The Morgan fingerprint density at radius 2 is 1.94 bits per heavy atom. The molecule has 90 valence electrons. The summed E-state index contributed by atoms with van der Waals surface area (Å²) in [6.45, 7) is 0. The number of rotatable bonds is 2. The second-order valence-corrected chi connectivity index (χ2v) is 3.41. The minimum atomic E-state index is -0.383. The number of phenols is 1. The third kappa shape index (κ3) is 2.67. The van der Waals surface area contributed by atoms with E-state index in [4.69, 9.17) is 5.11 Å². The number of ketones is 1. The summed E-state index contributed by atoms with van der Waals surface area (Å²) < 4.78 is 0. The number of nitrogens with one attached hydrogen (secondary N) is 1. The Morgan fingerprint density at radius 1 is 1.22 bits per heavy atom. The van der Waals surface area contributed by atoms with Crippen LogP contribution in [0.15, 0.2) is 46.4 Å². The van der Waals surface area contributed by atoms with Crippen molar-refractivity contribution in [3.8, 4) is 5.75 Å². The van der Waals surface area contributed by atoms with E-state index < -0.39 is 0 Å². The molecule has 0 spiro atoms. The summed E-state index contributed by atoms with van der Waals surface area (Å²) >= 11 is 0. The molecule has 1 aliphatic heterocycles. The zero-order valence-corrected chi connectivity index (χ0v) is 9.20. The van der Waals surface area contributed by atoms with Crippen LogP contribution in [0.4, 0.5) is 5.69 Å². The van der Waals surface area contributed by atoms with Gasteiger partial charge in [0.15, 0.2) is 11.7 Å². The van der Waals surface area contributed by atoms with E-state index in [1.807, 2.05) is 0 Å². The third-order valence-corrected chi connectivity index (χ3v) is 2.13. The number of nitrogens with zero attached hydrogens (tertiary/aromatic N) is 2. The zero-order chi connectivity index (χ0) is 13.0. The van der Waals surface area contributed by atoms with Gasteiger partial charge in [-0.2, -0.15) is 0 Å². The fraction of sp³-hybridized carbons (Fsp3) is 0. The molecule has 0 saturated carbocycles. The topological polar surface area (TPSA) is 91.1 Å². The first-order chi connectivity index (χ1) is 8.69. The van der Waals surface area contributed by atoms with Crippen molar-refractivity contribution in [1.82, 2.24) is 5.32 Å². The molecular weight excluding hydrogens is 234 g/mol. The van der Waals surface area contributed by atoms with Crippen molar-refractivity contribution >= 4 is 29.6 Å². The van der Waals surface area contributed by atoms with Gasteiger partial charge in [0, 0.05) is 0 Å². The maximum absolute atomic E-state index is 11.3. The van der Waals surface area contributed by atoms with Gasteiger partial charge in [0.2, 0.25) is 12.2 Å². The summed E-state index contributed by atoms with van der Waals surface area (Å²) in [6, 6.07) is 6.20. The van der Waals surface area contributed by atoms with Crippen molar-refractivity contribution in [3.05, 3.63) is 36.4 Å². The number of phenolic OH excluding ortho intramolecular Hbond substituents is 1. The summed E-state index contributed by atoms with van der Waals surface area (Å²) in [4.78, 5) is 29.6. The van der Waals surface area contributed by atoms with Gasteiger partial charge in [-0.3, -0.25) is 9.59 Å². The van der Waals surface area contributed by atoms with Crippen LogP contribution in [0.2, 0.25) is 0 Å². The van der Waals surface area contributed by atoms with Crippen LogP contribution in [0.25, 0.3) is 0 Å². The van der Waals surface area contributed by atoms with Gasteiger partial charge in [-0.25, -0.2) is 9.98 Å². The third-order valence-electron chi connectivity index (χ3n) is 2.13. The van der Waals surface area contributed by atoms with Gasteiger partial charge in [0.05, 0.1) is 5.69 Å². The van der Waals surface area contributed by atoms with Crippen molar-refractivity contribution < 1.29 is 14.7 Å². The highest BCUT2D eigenvalue weighted by molar-refractivity contribution is 6.48. The van der Waals surface area contributed by atoms with Crippen molar-refractivity contribution in [3.63, 3.8) is 0 Å². The van der Waals surface area contributed by atoms with Crippen molar-refractivity contribution in [1.29, 1.82) is 0 Å². The van der Waals surface area contributed by atoms with Gasteiger partial charge < -0.3 is 10.4 Å². The van der Waals surface area contributed by atoms with E-state index in [2.05, 4.69) is 15.3 Å². The van der Waals surface area contributed by atoms with Crippen molar-refractivity contribution in [2.75, 3.05) is 0 Å². The zero-order valence-electron chi connectivity index (χ0n) is 9.20. The molecule has 0 aliphatic carbocycles. The van der Waals surface area contributed by atoms with E-state index in [1.165, 1.54) is 24.3 Å². The van der Waals surface area contributed by atoms with Crippen LogP contribution in [0.5, 0.6) is 5.75 Å². The summed E-state index contributed by atoms with van der Waals surface area (Å²) in [6.07, 6.45) is 3.11. The molecule has 0 atom stereocenters. The Balaban J connectivity index is 2.28. The first-order valence-corrected chi connectivity index (χ1v) is 5.08. The largest absolute Gasteiger partial charge is 0.508 e. The summed E-state index contributed by atoms with van der Waals surface area (Å²) in [5.41, 5.74) is 0.580. The highest BCUT2D eigenvalue weighted by atomic mass is 16.3. The van der Waals surface area contributed by atoms with Crippen molar-refractivity contribution in [2.45, 2.75) is 0 Å². The SMILES string of the molecule is O=CNC1=NC(=Nc2ccc(O)cc2)C=CC1=O. The van der Waals surface area contributed by atoms with Crippen LogP contribution in [0.3, 0.4) is 0 Å². The average Bonchev–Trinajstić information content (AvgIpc) is 2.37. The molecule has 1 amide bonds. The minimum absolute atomic E-state index is 0.0648. The van der Waals surface area contributed by atoms with Gasteiger partial charge in [-0.05, 0) is 36.4 Å². The molecule has 0 unspecified atom stereocenters. The number of dihydropyridines is 1. The number of hydrogen-bond donors (Lipinski definition) is 2. The van der Waals surface area contributed by atoms with Crippen LogP contribution in [0.1, 0.15) is 0 Å². The smallest absolute Gasteiger partial charge is 0.221 e. The quantitative estimate of drug-likeness (QED) is 0.749. The Labute approximate surface area is 102 Å². The number of carbonyl (C=O) groups excluding carboxylic acids is 2. The molecule has 6 heteroatoms. The molecule has 1 aromatic rings.